The van der Waals surface area contributed by atoms with Crippen molar-refractivity contribution in [3.8, 4) is 0 Å². The van der Waals surface area contributed by atoms with E-state index in [2.05, 4.69) is 10.6 Å². The van der Waals surface area contributed by atoms with Crippen LogP contribution in [-0.4, -0.2) is 44.0 Å². The quantitative estimate of drug-likeness (QED) is 0.705. The molecule has 5 nitrogen and oxygen atoms in total. The molecule has 88 valence electrons. The van der Waals surface area contributed by atoms with Gasteiger partial charge in [-0.15, -0.1) is 0 Å². The van der Waals surface area contributed by atoms with Crippen LogP contribution in [0.4, 0.5) is 4.79 Å². The van der Waals surface area contributed by atoms with Gasteiger partial charge < -0.3 is 20.1 Å². The Labute approximate surface area is 90.5 Å². The van der Waals surface area contributed by atoms with Gasteiger partial charge in [-0.2, -0.15) is 0 Å². The van der Waals surface area contributed by atoms with Crippen LogP contribution in [0.25, 0.3) is 0 Å². The highest BCUT2D eigenvalue weighted by atomic mass is 16.6. The van der Waals surface area contributed by atoms with Crippen molar-refractivity contribution in [3.63, 3.8) is 0 Å². The van der Waals surface area contributed by atoms with Crippen LogP contribution >= 0.6 is 0 Å². The number of rotatable bonds is 2. The minimum absolute atomic E-state index is 0.186. The Morgan fingerprint density at radius 3 is 2.87 bits per heavy atom. The van der Waals surface area contributed by atoms with Crippen LogP contribution in [-0.2, 0) is 9.47 Å². The Morgan fingerprint density at radius 2 is 2.33 bits per heavy atom. The summed E-state index contributed by atoms with van der Waals surface area (Å²) in [5.74, 6) is 0. The number of nitrogens with one attached hydrogen (secondary N) is 2. The summed E-state index contributed by atoms with van der Waals surface area (Å²) in [6, 6.07) is 0.186. The lowest BCUT2D eigenvalue weighted by Crippen LogP contribution is -2.49. The summed E-state index contributed by atoms with van der Waals surface area (Å²) in [4.78, 5) is 11.3. The Balaban J connectivity index is 2.15. The number of amides is 1. The van der Waals surface area contributed by atoms with Crippen LogP contribution in [0.1, 0.15) is 20.8 Å². The van der Waals surface area contributed by atoms with Crippen LogP contribution in [0.5, 0.6) is 0 Å². The predicted octanol–water partition coefficient (Wildman–Crippen LogP) is 0.500. The second-order valence-electron chi connectivity index (χ2n) is 4.61. The van der Waals surface area contributed by atoms with Crippen LogP contribution in [0.15, 0.2) is 0 Å². The third-order valence-electron chi connectivity index (χ3n) is 1.89. The first-order chi connectivity index (χ1) is 6.97. The molecule has 1 saturated heterocycles. The van der Waals surface area contributed by atoms with Gasteiger partial charge in [0.25, 0.3) is 0 Å². The third-order valence-corrected chi connectivity index (χ3v) is 1.89. The zero-order valence-corrected chi connectivity index (χ0v) is 9.63. The fraction of sp³-hybridized carbons (Fsp3) is 0.900. The third kappa shape index (κ3) is 5.59. The molecule has 0 aromatic heterocycles. The number of hydrogen-bond acceptors (Lipinski definition) is 4. The number of carbonyl (C=O) groups excluding carboxylic acids is 1. The van der Waals surface area contributed by atoms with Gasteiger partial charge in [0.05, 0.1) is 13.2 Å². The largest absolute Gasteiger partial charge is 0.444 e. The average Bonchev–Trinajstić information content (AvgIpc) is 2.14. The van der Waals surface area contributed by atoms with Crippen LogP contribution in [0.3, 0.4) is 0 Å². The van der Waals surface area contributed by atoms with Crippen molar-refractivity contribution < 1.29 is 14.3 Å². The van der Waals surface area contributed by atoms with Crippen molar-refractivity contribution in [1.82, 2.24) is 10.6 Å². The summed E-state index contributed by atoms with van der Waals surface area (Å²) in [6.07, 6.45) is -0.380. The highest BCUT2D eigenvalue weighted by Gasteiger charge is 2.18. The molecule has 0 aromatic carbocycles. The van der Waals surface area contributed by atoms with E-state index in [1.165, 1.54) is 0 Å². The highest BCUT2D eigenvalue weighted by molar-refractivity contribution is 5.67. The molecule has 1 aliphatic rings. The number of hydrogen-bond donors (Lipinski definition) is 2. The molecule has 15 heavy (non-hydrogen) atoms. The van der Waals surface area contributed by atoms with Gasteiger partial charge in [-0.05, 0) is 20.8 Å². The fourth-order valence-electron chi connectivity index (χ4n) is 1.27. The van der Waals surface area contributed by atoms with Crippen LogP contribution in [0.2, 0.25) is 0 Å². The molecule has 1 amide bonds. The second-order valence-corrected chi connectivity index (χ2v) is 4.61. The Kier molecular flexibility index (Phi) is 4.35. The molecule has 1 aliphatic heterocycles. The average molecular weight is 216 g/mol. The van der Waals surface area contributed by atoms with E-state index in [0.29, 0.717) is 13.2 Å². The summed E-state index contributed by atoms with van der Waals surface area (Å²) >= 11 is 0. The summed E-state index contributed by atoms with van der Waals surface area (Å²) in [7, 11) is 0. The van der Waals surface area contributed by atoms with Crippen molar-refractivity contribution >= 4 is 6.09 Å². The van der Waals surface area contributed by atoms with E-state index < -0.39 is 5.60 Å². The number of ether oxygens (including phenoxy) is 2. The van der Waals surface area contributed by atoms with E-state index in [0.717, 1.165) is 13.2 Å². The van der Waals surface area contributed by atoms with Gasteiger partial charge in [-0.1, -0.05) is 0 Å². The van der Waals surface area contributed by atoms with E-state index in [-0.39, 0.29) is 12.1 Å². The Morgan fingerprint density at radius 1 is 1.60 bits per heavy atom. The van der Waals surface area contributed by atoms with Gasteiger partial charge in [-0.25, -0.2) is 4.79 Å². The lowest BCUT2D eigenvalue weighted by atomic mass is 10.2. The number of morpholine rings is 1. The zero-order valence-electron chi connectivity index (χ0n) is 9.63. The molecular weight excluding hydrogens is 196 g/mol. The topological polar surface area (TPSA) is 59.6 Å². The van der Waals surface area contributed by atoms with Gasteiger partial charge in [0.1, 0.15) is 5.60 Å². The maximum absolute atomic E-state index is 11.3. The molecule has 2 N–H and O–H groups in total. The molecule has 0 aliphatic carbocycles. The standard InChI is InChI=1S/C10H20N2O3/c1-10(2,3)15-9(13)12-6-8-7-14-5-4-11-8/h8,11H,4-7H2,1-3H3,(H,12,13)/t8-/m1/s1. The van der Waals surface area contributed by atoms with Crippen molar-refractivity contribution in [1.29, 1.82) is 0 Å². The van der Waals surface area contributed by atoms with Crippen molar-refractivity contribution in [2.24, 2.45) is 0 Å². The van der Waals surface area contributed by atoms with Crippen LogP contribution in [0, 0.1) is 0 Å². The molecule has 1 heterocycles. The highest BCUT2D eigenvalue weighted by Crippen LogP contribution is 2.06. The number of carbonyl (C=O) groups is 1. The van der Waals surface area contributed by atoms with E-state index in [1.807, 2.05) is 20.8 Å². The zero-order chi connectivity index (χ0) is 11.3. The van der Waals surface area contributed by atoms with E-state index in [1.54, 1.807) is 0 Å². The molecule has 0 radical (unpaired) electrons. The lowest BCUT2D eigenvalue weighted by molar-refractivity contribution is 0.0475. The minimum atomic E-state index is -0.444. The van der Waals surface area contributed by atoms with E-state index in [9.17, 15) is 4.79 Å². The SMILES string of the molecule is CC(C)(C)OC(=O)NC[C@@H]1COCCN1. The summed E-state index contributed by atoms with van der Waals surface area (Å²) in [6.45, 7) is 8.27. The fourth-order valence-corrected chi connectivity index (χ4v) is 1.27. The van der Waals surface area contributed by atoms with E-state index >= 15 is 0 Å². The first-order valence-electron chi connectivity index (χ1n) is 5.25. The monoisotopic (exact) mass is 216 g/mol. The van der Waals surface area contributed by atoms with Gasteiger partial charge >= 0.3 is 6.09 Å². The number of alkyl carbamates (subject to hydrolysis) is 1. The molecule has 0 aromatic rings. The van der Waals surface area contributed by atoms with Crippen LogP contribution < -0.4 is 10.6 Å². The van der Waals surface area contributed by atoms with E-state index in [4.69, 9.17) is 9.47 Å². The van der Waals surface area contributed by atoms with Gasteiger partial charge in [-0.3, -0.25) is 0 Å². The summed E-state index contributed by atoms with van der Waals surface area (Å²) in [5.41, 5.74) is -0.444. The maximum Gasteiger partial charge on any atom is 0.407 e. The molecule has 0 saturated carbocycles. The van der Waals surface area contributed by atoms with Crippen molar-refractivity contribution in [2.75, 3.05) is 26.3 Å². The molecule has 0 spiro atoms. The summed E-state index contributed by atoms with van der Waals surface area (Å²) < 4.78 is 10.4. The van der Waals surface area contributed by atoms with Gasteiger partial charge in [0.2, 0.25) is 0 Å². The first-order valence-corrected chi connectivity index (χ1v) is 5.25. The Hall–Kier alpha value is -0.810. The van der Waals surface area contributed by atoms with Gasteiger partial charge in [0, 0.05) is 19.1 Å². The molecule has 5 heteroatoms. The normalized spacial score (nSPS) is 22.2. The van der Waals surface area contributed by atoms with Crippen molar-refractivity contribution in [2.45, 2.75) is 32.4 Å². The predicted molar refractivity (Wildman–Crippen MR) is 56.8 cm³/mol. The first kappa shape index (κ1) is 12.3. The maximum atomic E-state index is 11.3. The molecule has 0 unspecified atom stereocenters. The van der Waals surface area contributed by atoms with Gasteiger partial charge in [0.15, 0.2) is 0 Å². The Bertz CT molecular complexity index is 207. The minimum Gasteiger partial charge on any atom is -0.444 e. The molecule has 1 fully saturated rings. The second kappa shape index (κ2) is 5.32. The van der Waals surface area contributed by atoms with Crippen molar-refractivity contribution in [3.05, 3.63) is 0 Å². The summed E-state index contributed by atoms with van der Waals surface area (Å²) in [5, 5.41) is 5.95. The molecule has 1 rings (SSSR count). The molecular formula is C10H20N2O3. The molecule has 0 bridgehead atoms. The lowest BCUT2D eigenvalue weighted by Gasteiger charge is -2.25. The smallest absolute Gasteiger partial charge is 0.407 e. The molecule has 1 atom stereocenters.